The van der Waals surface area contributed by atoms with E-state index in [0.717, 1.165) is 13.1 Å². The van der Waals surface area contributed by atoms with Crippen LogP contribution in [0.5, 0.6) is 0 Å². The first-order valence-electron chi connectivity index (χ1n) is 4.52. The van der Waals surface area contributed by atoms with Gasteiger partial charge < -0.3 is 15.5 Å². The first-order valence-corrected chi connectivity index (χ1v) is 4.52. The lowest BCUT2D eigenvalue weighted by Gasteiger charge is -2.08. The second-order valence-electron chi connectivity index (χ2n) is 2.93. The highest BCUT2D eigenvalue weighted by Gasteiger charge is 1.98. The van der Waals surface area contributed by atoms with Crippen LogP contribution in [-0.4, -0.2) is 35.5 Å². The predicted octanol–water partition coefficient (Wildman–Crippen LogP) is 0.450. The van der Waals surface area contributed by atoms with E-state index in [2.05, 4.69) is 18.5 Å². The highest BCUT2D eigenvalue weighted by molar-refractivity contribution is 4.79. The van der Waals surface area contributed by atoms with Gasteiger partial charge >= 0.3 is 0 Å². The summed E-state index contributed by atoms with van der Waals surface area (Å²) in [6.07, 6.45) is 3.48. The average molecular weight is 185 g/mol. The summed E-state index contributed by atoms with van der Waals surface area (Å²) in [5.74, 6) is 0. The molecule has 0 aliphatic rings. The number of nitrogens with one attached hydrogen (secondary N) is 1. The van der Waals surface area contributed by atoms with Crippen molar-refractivity contribution in [3.8, 4) is 0 Å². The lowest BCUT2D eigenvalue weighted by Crippen LogP contribution is -2.23. The molecule has 3 N–H and O–H groups in total. The third-order valence-corrected chi connectivity index (χ3v) is 1.78. The van der Waals surface area contributed by atoms with E-state index in [0.29, 0.717) is 12.8 Å². The van der Waals surface area contributed by atoms with Crippen molar-refractivity contribution in [2.45, 2.75) is 25.0 Å². The van der Waals surface area contributed by atoms with Crippen LogP contribution in [0.2, 0.25) is 0 Å². The molecule has 76 valence electrons. The van der Waals surface area contributed by atoms with Gasteiger partial charge in [-0.2, -0.15) is 0 Å². The van der Waals surface area contributed by atoms with Crippen LogP contribution in [-0.2, 0) is 0 Å². The molecule has 3 heteroatoms. The van der Waals surface area contributed by atoms with Gasteiger partial charge in [-0.1, -0.05) is 12.2 Å². The van der Waals surface area contributed by atoms with Crippen LogP contribution >= 0.6 is 0 Å². The van der Waals surface area contributed by atoms with Gasteiger partial charge in [0.05, 0.1) is 12.2 Å². The third kappa shape index (κ3) is 7.71. The Hall–Kier alpha value is -0.640. The molecule has 0 aliphatic carbocycles. The van der Waals surface area contributed by atoms with Gasteiger partial charge in [-0.25, -0.2) is 0 Å². The van der Waals surface area contributed by atoms with E-state index < -0.39 is 12.2 Å². The molecule has 0 spiro atoms. The maximum absolute atomic E-state index is 9.09. The monoisotopic (exact) mass is 185 g/mol. The van der Waals surface area contributed by atoms with E-state index in [1.54, 1.807) is 0 Å². The molecule has 0 amide bonds. The van der Waals surface area contributed by atoms with Crippen molar-refractivity contribution < 1.29 is 10.2 Å². The topological polar surface area (TPSA) is 52.5 Å². The molecule has 0 bridgehead atoms. The SMILES string of the molecule is C=C[C@@H](O)CCNCC[C@H](O)C=C. The van der Waals surface area contributed by atoms with Gasteiger partial charge in [0.15, 0.2) is 0 Å². The minimum absolute atomic E-state index is 0.433. The van der Waals surface area contributed by atoms with Gasteiger partial charge in [0.1, 0.15) is 0 Å². The molecule has 0 aromatic carbocycles. The molecule has 3 nitrogen and oxygen atoms in total. The minimum Gasteiger partial charge on any atom is -0.389 e. The Bertz CT molecular complexity index is 132. The molecular weight excluding hydrogens is 166 g/mol. The summed E-state index contributed by atoms with van der Waals surface area (Å²) >= 11 is 0. The Morgan fingerprint density at radius 2 is 1.38 bits per heavy atom. The number of rotatable bonds is 8. The molecule has 0 unspecified atom stereocenters. The maximum atomic E-state index is 9.09. The Balaban J connectivity index is 3.16. The molecule has 0 rings (SSSR count). The maximum Gasteiger partial charge on any atom is 0.0730 e. The van der Waals surface area contributed by atoms with Crippen LogP contribution in [0.15, 0.2) is 25.3 Å². The second-order valence-corrected chi connectivity index (χ2v) is 2.93. The molecular formula is C10H19NO2. The molecule has 0 saturated carbocycles. The summed E-state index contributed by atoms with van der Waals surface area (Å²) < 4.78 is 0. The van der Waals surface area contributed by atoms with E-state index in [9.17, 15) is 0 Å². The standard InChI is InChI=1S/C10H19NO2/c1-3-9(12)5-7-11-8-6-10(13)4-2/h3-4,9-13H,1-2,5-8H2/t9-,10-/m1/s1. The molecule has 0 aromatic heterocycles. The van der Waals surface area contributed by atoms with Crippen LogP contribution in [0.3, 0.4) is 0 Å². The fraction of sp³-hybridized carbons (Fsp3) is 0.600. The normalized spacial score (nSPS) is 14.9. The zero-order chi connectivity index (χ0) is 10.1. The molecule has 0 saturated heterocycles. The number of hydrogen-bond donors (Lipinski definition) is 3. The van der Waals surface area contributed by atoms with Gasteiger partial charge in [0, 0.05) is 0 Å². The number of hydrogen-bond acceptors (Lipinski definition) is 3. The Morgan fingerprint density at radius 3 is 1.69 bits per heavy atom. The summed E-state index contributed by atoms with van der Waals surface area (Å²) in [6, 6.07) is 0. The summed E-state index contributed by atoms with van der Waals surface area (Å²) in [4.78, 5) is 0. The van der Waals surface area contributed by atoms with Crippen LogP contribution in [0.1, 0.15) is 12.8 Å². The molecule has 0 fully saturated rings. The van der Waals surface area contributed by atoms with Crippen molar-refractivity contribution in [1.29, 1.82) is 0 Å². The summed E-state index contributed by atoms with van der Waals surface area (Å²) in [5, 5.41) is 21.3. The molecule has 2 atom stereocenters. The van der Waals surface area contributed by atoms with Gasteiger partial charge in [-0.05, 0) is 25.9 Å². The van der Waals surface area contributed by atoms with E-state index in [-0.39, 0.29) is 0 Å². The van der Waals surface area contributed by atoms with Gasteiger partial charge in [0.25, 0.3) is 0 Å². The first-order chi connectivity index (χ1) is 6.20. The Labute approximate surface area is 79.8 Å². The van der Waals surface area contributed by atoms with Crippen LogP contribution in [0.4, 0.5) is 0 Å². The highest BCUT2D eigenvalue weighted by atomic mass is 16.3. The molecule has 0 aromatic rings. The van der Waals surface area contributed by atoms with Crippen LogP contribution in [0, 0.1) is 0 Å². The fourth-order valence-electron chi connectivity index (χ4n) is 0.861. The zero-order valence-electron chi connectivity index (χ0n) is 7.95. The Kier molecular flexibility index (Phi) is 7.59. The van der Waals surface area contributed by atoms with E-state index in [1.165, 1.54) is 12.2 Å². The van der Waals surface area contributed by atoms with Crippen molar-refractivity contribution >= 4 is 0 Å². The molecule has 0 aliphatic heterocycles. The third-order valence-electron chi connectivity index (χ3n) is 1.78. The first kappa shape index (κ1) is 12.4. The van der Waals surface area contributed by atoms with Crippen molar-refractivity contribution in [2.24, 2.45) is 0 Å². The minimum atomic E-state index is -0.433. The van der Waals surface area contributed by atoms with Crippen molar-refractivity contribution in [3.05, 3.63) is 25.3 Å². The quantitative estimate of drug-likeness (QED) is 0.380. The van der Waals surface area contributed by atoms with Gasteiger partial charge in [0.2, 0.25) is 0 Å². The molecule has 13 heavy (non-hydrogen) atoms. The van der Waals surface area contributed by atoms with Crippen molar-refractivity contribution in [2.75, 3.05) is 13.1 Å². The van der Waals surface area contributed by atoms with E-state index in [4.69, 9.17) is 10.2 Å². The summed E-state index contributed by atoms with van der Waals surface area (Å²) in [6.45, 7) is 8.41. The lowest BCUT2D eigenvalue weighted by atomic mass is 10.2. The van der Waals surface area contributed by atoms with Crippen molar-refractivity contribution in [3.63, 3.8) is 0 Å². The number of aliphatic hydroxyl groups excluding tert-OH is 2. The van der Waals surface area contributed by atoms with Crippen molar-refractivity contribution in [1.82, 2.24) is 5.32 Å². The predicted molar refractivity (Wildman–Crippen MR) is 54.5 cm³/mol. The summed E-state index contributed by atoms with van der Waals surface area (Å²) in [7, 11) is 0. The largest absolute Gasteiger partial charge is 0.389 e. The van der Waals surface area contributed by atoms with Crippen LogP contribution < -0.4 is 5.32 Å². The van der Waals surface area contributed by atoms with Gasteiger partial charge in [-0.3, -0.25) is 0 Å². The molecule has 0 heterocycles. The Morgan fingerprint density at radius 1 is 1.00 bits per heavy atom. The lowest BCUT2D eigenvalue weighted by molar-refractivity contribution is 0.203. The fourth-order valence-corrected chi connectivity index (χ4v) is 0.861. The van der Waals surface area contributed by atoms with E-state index in [1.807, 2.05) is 0 Å². The van der Waals surface area contributed by atoms with Crippen LogP contribution in [0.25, 0.3) is 0 Å². The average Bonchev–Trinajstić information content (AvgIpc) is 2.16. The second kappa shape index (κ2) is 7.98. The smallest absolute Gasteiger partial charge is 0.0730 e. The highest BCUT2D eigenvalue weighted by Crippen LogP contribution is 1.92. The van der Waals surface area contributed by atoms with E-state index >= 15 is 0 Å². The molecule has 0 radical (unpaired) electrons. The van der Waals surface area contributed by atoms with Gasteiger partial charge in [-0.15, -0.1) is 13.2 Å². The summed E-state index contributed by atoms with van der Waals surface area (Å²) in [5.41, 5.74) is 0. The number of aliphatic hydroxyl groups is 2. The zero-order valence-corrected chi connectivity index (χ0v) is 7.95.